The topological polar surface area (TPSA) is 42.2 Å². The van der Waals surface area contributed by atoms with Gasteiger partial charge in [0, 0.05) is 11.8 Å². The number of hydrogen-bond donors (Lipinski definition) is 1. The van der Waals surface area contributed by atoms with Gasteiger partial charge in [-0.05, 0) is 56.1 Å². The Balaban J connectivity index is 1.70. The molecule has 4 heteroatoms. The molecule has 0 amide bonds. The molecule has 2 aromatic rings. The summed E-state index contributed by atoms with van der Waals surface area (Å²) in [5.74, 6) is 0.616. The summed E-state index contributed by atoms with van der Waals surface area (Å²) in [4.78, 5) is 12.0. The summed E-state index contributed by atoms with van der Waals surface area (Å²) in [6.07, 6.45) is 2.52. The van der Waals surface area contributed by atoms with Crippen LogP contribution in [0.2, 0.25) is 0 Å². The SMILES string of the molecule is O=C(CCC1CCNC1)c1cc2cc(F)ccc2o1. The third-order valence-electron chi connectivity index (χ3n) is 3.70. The summed E-state index contributed by atoms with van der Waals surface area (Å²) in [5.41, 5.74) is 0.562. The molecule has 19 heavy (non-hydrogen) atoms. The Hall–Kier alpha value is -1.68. The molecule has 1 N–H and O–H groups in total. The second kappa shape index (κ2) is 5.13. The molecule has 0 saturated carbocycles. The lowest BCUT2D eigenvalue weighted by Crippen LogP contribution is -2.10. The Morgan fingerprint density at radius 1 is 1.42 bits per heavy atom. The summed E-state index contributed by atoms with van der Waals surface area (Å²) in [6.45, 7) is 2.04. The maximum absolute atomic E-state index is 13.1. The molecule has 1 atom stereocenters. The molecule has 2 heterocycles. The fourth-order valence-electron chi connectivity index (χ4n) is 2.57. The van der Waals surface area contributed by atoms with Crippen molar-refractivity contribution in [2.45, 2.75) is 19.3 Å². The molecule has 1 aromatic carbocycles. The fourth-order valence-corrected chi connectivity index (χ4v) is 2.57. The minimum atomic E-state index is -0.315. The molecule has 3 rings (SSSR count). The standard InChI is InChI=1S/C15H16FNO2/c16-12-2-4-14-11(7-12)8-15(19-14)13(18)3-1-10-5-6-17-9-10/h2,4,7-8,10,17H,1,3,5-6,9H2. The number of hydrogen-bond acceptors (Lipinski definition) is 3. The van der Waals surface area contributed by atoms with Crippen LogP contribution in [-0.2, 0) is 0 Å². The first kappa shape index (κ1) is 12.4. The van der Waals surface area contributed by atoms with Gasteiger partial charge in [-0.1, -0.05) is 0 Å². The van der Waals surface area contributed by atoms with E-state index in [1.165, 1.54) is 12.1 Å². The highest BCUT2D eigenvalue weighted by atomic mass is 19.1. The van der Waals surface area contributed by atoms with Crippen LogP contribution in [0.15, 0.2) is 28.7 Å². The Morgan fingerprint density at radius 2 is 2.32 bits per heavy atom. The third kappa shape index (κ3) is 2.68. The van der Waals surface area contributed by atoms with Crippen LogP contribution in [0.3, 0.4) is 0 Å². The highest BCUT2D eigenvalue weighted by molar-refractivity contribution is 5.97. The highest BCUT2D eigenvalue weighted by Gasteiger charge is 2.18. The van der Waals surface area contributed by atoms with Gasteiger partial charge in [0.1, 0.15) is 11.4 Å². The molecule has 100 valence electrons. The number of ketones is 1. The molecule has 0 radical (unpaired) electrons. The van der Waals surface area contributed by atoms with E-state index in [1.54, 1.807) is 12.1 Å². The average Bonchev–Trinajstić information content (AvgIpc) is 3.04. The molecule has 0 bridgehead atoms. The van der Waals surface area contributed by atoms with E-state index in [2.05, 4.69) is 5.32 Å². The number of furan rings is 1. The number of carbonyl (C=O) groups is 1. The highest BCUT2D eigenvalue weighted by Crippen LogP contribution is 2.23. The Kier molecular flexibility index (Phi) is 3.34. The first-order chi connectivity index (χ1) is 9.22. The molecule has 0 spiro atoms. The predicted molar refractivity (Wildman–Crippen MR) is 70.7 cm³/mol. The van der Waals surface area contributed by atoms with Crippen LogP contribution < -0.4 is 5.32 Å². The van der Waals surface area contributed by atoms with Crippen molar-refractivity contribution in [3.8, 4) is 0 Å². The monoisotopic (exact) mass is 261 g/mol. The predicted octanol–water partition coefficient (Wildman–Crippen LogP) is 3.14. The Bertz CT molecular complexity index is 599. The summed E-state index contributed by atoms with van der Waals surface area (Å²) in [6, 6.07) is 5.91. The van der Waals surface area contributed by atoms with E-state index in [9.17, 15) is 9.18 Å². The summed E-state index contributed by atoms with van der Waals surface area (Å²) >= 11 is 0. The molecule has 1 aliphatic heterocycles. The van der Waals surface area contributed by atoms with Gasteiger partial charge in [0.05, 0.1) is 0 Å². The van der Waals surface area contributed by atoms with E-state index >= 15 is 0 Å². The zero-order valence-electron chi connectivity index (χ0n) is 10.6. The first-order valence-electron chi connectivity index (χ1n) is 6.65. The normalized spacial score (nSPS) is 19.1. The van der Waals surface area contributed by atoms with Crippen LogP contribution in [0.5, 0.6) is 0 Å². The van der Waals surface area contributed by atoms with Gasteiger partial charge < -0.3 is 9.73 Å². The smallest absolute Gasteiger partial charge is 0.198 e. The zero-order valence-corrected chi connectivity index (χ0v) is 10.6. The van der Waals surface area contributed by atoms with Crippen molar-refractivity contribution >= 4 is 16.8 Å². The average molecular weight is 261 g/mol. The van der Waals surface area contributed by atoms with E-state index < -0.39 is 0 Å². The molecule has 1 unspecified atom stereocenters. The number of rotatable bonds is 4. The molecular formula is C15H16FNO2. The van der Waals surface area contributed by atoms with Gasteiger partial charge in [-0.25, -0.2) is 4.39 Å². The van der Waals surface area contributed by atoms with Crippen molar-refractivity contribution in [2.75, 3.05) is 13.1 Å². The minimum absolute atomic E-state index is 0.00325. The van der Waals surface area contributed by atoms with Crippen molar-refractivity contribution in [3.05, 3.63) is 35.8 Å². The second-order valence-corrected chi connectivity index (χ2v) is 5.11. The number of halogens is 1. The van der Waals surface area contributed by atoms with Crippen LogP contribution in [0.4, 0.5) is 4.39 Å². The van der Waals surface area contributed by atoms with E-state index in [0.29, 0.717) is 29.1 Å². The maximum atomic E-state index is 13.1. The van der Waals surface area contributed by atoms with Crippen LogP contribution in [-0.4, -0.2) is 18.9 Å². The van der Waals surface area contributed by atoms with Crippen molar-refractivity contribution in [1.82, 2.24) is 5.32 Å². The summed E-state index contributed by atoms with van der Waals surface area (Å²) in [5, 5.41) is 3.93. The largest absolute Gasteiger partial charge is 0.453 e. The number of Topliss-reactive ketones (excluding diaryl/α,β-unsaturated/α-hetero) is 1. The number of nitrogens with one attached hydrogen (secondary N) is 1. The number of carbonyl (C=O) groups excluding carboxylic acids is 1. The Morgan fingerprint density at radius 3 is 3.11 bits per heavy atom. The lowest BCUT2D eigenvalue weighted by molar-refractivity contribution is 0.0950. The number of benzene rings is 1. The molecule has 1 aliphatic rings. The van der Waals surface area contributed by atoms with Gasteiger partial charge in [-0.3, -0.25) is 4.79 Å². The molecule has 0 aliphatic carbocycles. The molecule has 1 aromatic heterocycles. The minimum Gasteiger partial charge on any atom is -0.453 e. The summed E-state index contributed by atoms with van der Waals surface area (Å²) in [7, 11) is 0. The lowest BCUT2D eigenvalue weighted by Gasteiger charge is -2.05. The van der Waals surface area contributed by atoms with Crippen LogP contribution in [0.1, 0.15) is 29.8 Å². The fraction of sp³-hybridized carbons (Fsp3) is 0.400. The molecule has 3 nitrogen and oxygen atoms in total. The van der Waals surface area contributed by atoms with Crippen molar-refractivity contribution in [2.24, 2.45) is 5.92 Å². The van der Waals surface area contributed by atoms with E-state index in [0.717, 1.165) is 25.9 Å². The third-order valence-corrected chi connectivity index (χ3v) is 3.70. The van der Waals surface area contributed by atoms with Gasteiger partial charge in [0.15, 0.2) is 11.5 Å². The van der Waals surface area contributed by atoms with Crippen molar-refractivity contribution in [3.63, 3.8) is 0 Å². The van der Waals surface area contributed by atoms with Crippen LogP contribution in [0.25, 0.3) is 11.0 Å². The second-order valence-electron chi connectivity index (χ2n) is 5.11. The van der Waals surface area contributed by atoms with Gasteiger partial charge in [-0.15, -0.1) is 0 Å². The van der Waals surface area contributed by atoms with E-state index in [-0.39, 0.29) is 11.6 Å². The molecular weight excluding hydrogens is 245 g/mol. The maximum Gasteiger partial charge on any atom is 0.198 e. The van der Waals surface area contributed by atoms with Gasteiger partial charge in [-0.2, -0.15) is 0 Å². The van der Waals surface area contributed by atoms with Crippen molar-refractivity contribution in [1.29, 1.82) is 0 Å². The first-order valence-corrected chi connectivity index (χ1v) is 6.65. The molecule has 1 fully saturated rings. The van der Waals surface area contributed by atoms with Gasteiger partial charge in [0.25, 0.3) is 0 Å². The quantitative estimate of drug-likeness (QED) is 0.860. The summed E-state index contributed by atoms with van der Waals surface area (Å²) < 4.78 is 18.5. The van der Waals surface area contributed by atoms with Gasteiger partial charge >= 0.3 is 0 Å². The molecule has 1 saturated heterocycles. The van der Waals surface area contributed by atoms with Crippen molar-refractivity contribution < 1.29 is 13.6 Å². The lowest BCUT2D eigenvalue weighted by atomic mass is 10.0. The number of fused-ring (bicyclic) bond motifs is 1. The van der Waals surface area contributed by atoms with Crippen LogP contribution in [0, 0.1) is 11.7 Å². The van der Waals surface area contributed by atoms with E-state index in [4.69, 9.17) is 4.42 Å². The Labute approximate surface area is 110 Å². The van der Waals surface area contributed by atoms with Gasteiger partial charge in [0.2, 0.25) is 0 Å². The van der Waals surface area contributed by atoms with Crippen LogP contribution >= 0.6 is 0 Å². The van der Waals surface area contributed by atoms with E-state index in [1.807, 2.05) is 0 Å². The zero-order chi connectivity index (χ0) is 13.2.